The number of hydrogen-bond donors (Lipinski definition) is 1. The second-order valence-electron chi connectivity index (χ2n) is 6.92. The van der Waals surface area contributed by atoms with Gasteiger partial charge in [-0.1, -0.05) is 26.2 Å². The number of nitrogens with one attached hydrogen (secondary N) is 1. The van der Waals surface area contributed by atoms with E-state index in [1.165, 1.54) is 32.1 Å². The molecule has 1 aliphatic carbocycles. The Kier molecular flexibility index (Phi) is 8.26. The third kappa shape index (κ3) is 6.03. The number of ether oxygens (including phenoxy) is 1. The van der Waals surface area contributed by atoms with Gasteiger partial charge in [0.1, 0.15) is 6.61 Å². The van der Waals surface area contributed by atoms with E-state index in [4.69, 9.17) is 4.74 Å². The molecule has 0 aliphatic heterocycles. The molecular weight excluding hydrogens is 312 g/mol. The zero-order valence-corrected chi connectivity index (χ0v) is 16.1. The van der Waals surface area contributed by atoms with E-state index in [0.717, 1.165) is 25.2 Å². The molecule has 0 heterocycles. The third-order valence-corrected chi connectivity index (χ3v) is 5.22. The summed E-state index contributed by atoms with van der Waals surface area (Å²) in [6.45, 7) is 8.79. The topological polar surface area (TPSA) is 41.6 Å². The molecule has 1 saturated carbocycles. The first kappa shape index (κ1) is 19.8. The van der Waals surface area contributed by atoms with E-state index in [-0.39, 0.29) is 12.0 Å². The number of hydrogen-bond acceptors (Lipinski definition) is 4. The summed E-state index contributed by atoms with van der Waals surface area (Å²) in [4.78, 5) is 14.6. The molecule has 1 atom stereocenters. The fourth-order valence-electron chi connectivity index (χ4n) is 3.54. The highest BCUT2D eigenvalue weighted by Gasteiger charge is 2.18. The number of anilines is 1. The van der Waals surface area contributed by atoms with Gasteiger partial charge in [-0.2, -0.15) is 0 Å². The molecular formula is C21H34N2O2. The van der Waals surface area contributed by atoms with Crippen LogP contribution >= 0.6 is 0 Å². The van der Waals surface area contributed by atoms with Gasteiger partial charge in [0, 0.05) is 30.9 Å². The Balaban J connectivity index is 1.83. The van der Waals surface area contributed by atoms with Crippen LogP contribution in [0.15, 0.2) is 24.3 Å². The maximum Gasteiger partial charge on any atom is 0.338 e. The van der Waals surface area contributed by atoms with Crippen molar-refractivity contribution in [2.75, 3.05) is 24.6 Å². The highest BCUT2D eigenvalue weighted by molar-refractivity contribution is 5.89. The average Bonchev–Trinajstić information content (AvgIpc) is 2.67. The van der Waals surface area contributed by atoms with E-state index in [1.807, 2.05) is 24.3 Å². The number of rotatable bonds is 9. The lowest BCUT2D eigenvalue weighted by atomic mass is 9.95. The van der Waals surface area contributed by atoms with E-state index in [9.17, 15) is 4.79 Å². The molecule has 0 unspecified atom stereocenters. The van der Waals surface area contributed by atoms with Gasteiger partial charge < -0.3 is 15.0 Å². The Morgan fingerprint density at radius 2 is 1.76 bits per heavy atom. The molecule has 1 aliphatic rings. The second kappa shape index (κ2) is 10.4. The Bertz CT molecular complexity index is 505. The fourth-order valence-corrected chi connectivity index (χ4v) is 3.54. The van der Waals surface area contributed by atoms with E-state index in [2.05, 4.69) is 31.0 Å². The molecule has 0 aromatic heterocycles. The molecule has 4 nitrogen and oxygen atoms in total. The zero-order chi connectivity index (χ0) is 18.1. The minimum atomic E-state index is -0.227. The molecule has 0 radical (unpaired) electrons. The maximum atomic E-state index is 12.3. The Morgan fingerprint density at radius 3 is 2.32 bits per heavy atom. The first-order valence-electron chi connectivity index (χ1n) is 9.96. The zero-order valence-electron chi connectivity index (χ0n) is 16.1. The lowest BCUT2D eigenvalue weighted by molar-refractivity contribution is 0.0453. The van der Waals surface area contributed by atoms with Crippen molar-refractivity contribution in [3.05, 3.63) is 29.8 Å². The van der Waals surface area contributed by atoms with Crippen LogP contribution in [0, 0.1) is 0 Å². The van der Waals surface area contributed by atoms with Crippen LogP contribution in [0.1, 0.15) is 69.7 Å². The van der Waals surface area contributed by atoms with Gasteiger partial charge in [-0.3, -0.25) is 0 Å². The van der Waals surface area contributed by atoms with Crippen LogP contribution in [0.5, 0.6) is 0 Å². The van der Waals surface area contributed by atoms with Gasteiger partial charge in [0.2, 0.25) is 0 Å². The summed E-state index contributed by atoms with van der Waals surface area (Å²) in [5.74, 6) is -0.227. The van der Waals surface area contributed by atoms with Gasteiger partial charge in [-0.05, 0) is 57.4 Å². The number of nitrogens with zero attached hydrogens (tertiary/aromatic N) is 1. The summed E-state index contributed by atoms with van der Waals surface area (Å²) in [5, 5.41) is 3.67. The van der Waals surface area contributed by atoms with Crippen LogP contribution in [0.3, 0.4) is 0 Å². The predicted octanol–water partition coefficient (Wildman–Crippen LogP) is 4.39. The molecule has 0 saturated heterocycles. The number of esters is 1. The summed E-state index contributed by atoms with van der Waals surface area (Å²) in [7, 11) is 0. The third-order valence-electron chi connectivity index (χ3n) is 5.22. The van der Waals surface area contributed by atoms with Crippen LogP contribution in [-0.4, -0.2) is 37.7 Å². The van der Waals surface area contributed by atoms with Crippen molar-refractivity contribution in [2.24, 2.45) is 0 Å². The van der Waals surface area contributed by atoms with Crippen molar-refractivity contribution < 1.29 is 9.53 Å². The van der Waals surface area contributed by atoms with E-state index in [0.29, 0.717) is 18.2 Å². The van der Waals surface area contributed by atoms with Crippen molar-refractivity contribution in [1.82, 2.24) is 5.32 Å². The SMILES string of the molecule is CC[C@H](COC(=O)c1ccc(N(CC)CC)cc1)NC1CCCCC1. The second-order valence-corrected chi connectivity index (χ2v) is 6.92. The lowest BCUT2D eigenvalue weighted by Gasteiger charge is -2.27. The number of carbonyl (C=O) groups excluding carboxylic acids is 1. The molecule has 1 aromatic carbocycles. The van der Waals surface area contributed by atoms with Crippen LogP contribution in [0.2, 0.25) is 0 Å². The largest absolute Gasteiger partial charge is 0.460 e. The van der Waals surface area contributed by atoms with Gasteiger partial charge >= 0.3 is 5.97 Å². The molecule has 0 spiro atoms. The van der Waals surface area contributed by atoms with Gasteiger partial charge in [0.15, 0.2) is 0 Å². The summed E-state index contributed by atoms with van der Waals surface area (Å²) in [6.07, 6.45) is 7.45. The average molecular weight is 347 g/mol. The fraction of sp³-hybridized carbons (Fsp3) is 0.667. The first-order valence-corrected chi connectivity index (χ1v) is 9.96. The van der Waals surface area contributed by atoms with Crippen molar-refractivity contribution in [1.29, 1.82) is 0 Å². The standard InChI is InChI=1S/C21H34N2O2/c1-4-18(22-19-10-8-7-9-11-19)16-25-21(24)17-12-14-20(15-13-17)23(5-2)6-3/h12-15,18-19,22H,4-11,16H2,1-3H3/t18-/m1/s1. The molecule has 0 bridgehead atoms. The number of carbonyl (C=O) groups is 1. The molecule has 2 rings (SSSR count). The molecule has 25 heavy (non-hydrogen) atoms. The lowest BCUT2D eigenvalue weighted by Crippen LogP contribution is -2.42. The van der Waals surface area contributed by atoms with Crippen LogP contribution in [0.4, 0.5) is 5.69 Å². The summed E-state index contributed by atoms with van der Waals surface area (Å²) in [6, 6.07) is 8.58. The monoisotopic (exact) mass is 346 g/mol. The van der Waals surface area contributed by atoms with Crippen LogP contribution in [-0.2, 0) is 4.74 Å². The van der Waals surface area contributed by atoms with Gasteiger partial charge in [-0.15, -0.1) is 0 Å². The molecule has 0 amide bonds. The molecule has 4 heteroatoms. The summed E-state index contributed by atoms with van der Waals surface area (Å²) >= 11 is 0. The van der Waals surface area contributed by atoms with E-state index < -0.39 is 0 Å². The smallest absolute Gasteiger partial charge is 0.338 e. The molecule has 1 fully saturated rings. The number of benzene rings is 1. The van der Waals surface area contributed by atoms with Crippen LogP contribution in [0.25, 0.3) is 0 Å². The van der Waals surface area contributed by atoms with Crippen molar-refractivity contribution in [3.63, 3.8) is 0 Å². The summed E-state index contributed by atoms with van der Waals surface area (Å²) in [5.41, 5.74) is 1.77. The highest BCUT2D eigenvalue weighted by atomic mass is 16.5. The van der Waals surface area contributed by atoms with Gasteiger partial charge in [-0.25, -0.2) is 4.79 Å². The molecule has 1 N–H and O–H groups in total. The minimum absolute atomic E-state index is 0.227. The predicted molar refractivity (Wildman–Crippen MR) is 104 cm³/mol. The van der Waals surface area contributed by atoms with Crippen molar-refractivity contribution in [2.45, 2.75) is 71.4 Å². The van der Waals surface area contributed by atoms with Gasteiger partial charge in [0.25, 0.3) is 0 Å². The van der Waals surface area contributed by atoms with Gasteiger partial charge in [0.05, 0.1) is 5.56 Å². The summed E-state index contributed by atoms with van der Waals surface area (Å²) < 4.78 is 5.56. The highest BCUT2D eigenvalue weighted by Crippen LogP contribution is 2.19. The van der Waals surface area contributed by atoms with E-state index >= 15 is 0 Å². The molecule has 1 aromatic rings. The Hall–Kier alpha value is -1.55. The Labute approximate surface area is 152 Å². The Morgan fingerprint density at radius 1 is 1.12 bits per heavy atom. The molecule has 140 valence electrons. The van der Waals surface area contributed by atoms with Crippen LogP contribution < -0.4 is 10.2 Å². The first-order chi connectivity index (χ1) is 12.2. The van der Waals surface area contributed by atoms with Crippen molar-refractivity contribution in [3.8, 4) is 0 Å². The quantitative estimate of drug-likeness (QED) is 0.673. The normalized spacial score (nSPS) is 16.4. The van der Waals surface area contributed by atoms with Crippen molar-refractivity contribution >= 4 is 11.7 Å². The maximum absolute atomic E-state index is 12.3. The minimum Gasteiger partial charge on any atom is -0.460 e. The van der Waals surface area contributed by atoms with E-state index in [1.54, 1.807) is 0 Å².